The fourth-order valence-corrected chi connectivity index (χ4v) is 2.83. The predicted octanol–water partition coefficient (Wildman–Crippen LogP) is 5.26. The van der Waals surface area contributed by atoms with Crippen LogP contribution in [-0.2, 0) is 0 Å². The van der Waals surface area contributed by atoms with Crippen molar-refractivity contribution in [2.75, 3.05) is 5.32 Å². The molecule has 0 spiro atoms. The second-order valence-corrected chi connectivity index (χ2v) is 6.21. The summed E-state index contributed by atoms with van der Waals surface area (Å²) in [6, 6.07) is 22.0. The number of aryl methyl sites for hydroxylation is 1. The summed E-state index contributed by atoms with van der Waals surface area (Å²) < 4.78 is 0. The Bertz CT molecular complexity index is 1140. The van der Waals surface area contributed by atoms with Gasteiger partial charge in [-0.1, -0.05) is 42.0 Å². The number of non-ortho nitro benzene ring substituents is 1. The number of fused-ring (bicyclic) bond motifs is 1. The largest absolute Gasteiger partial charge is 0.340 e. The second-order valence-electron chi connectivity index (χ2n) is 6.21. The molecule has 0 bridgehead atoms. The molecule has 0 saturated carbocycles. The van der Waals surface area contributed by atoms with E-state index in [4.69, 9.17) is 0 Å². The van der Waals surface area contributed by atoms with Gasteiger partial charge in [0.05, 0.1) is 10.4 Å². The first-order valence-corrected chi connectivity index (χ1v) is 8.45. The number of para-hydroxylation sites is 1. The molecule has 6 heteroatoms. The van der Waals surface area contributed by atoms with E-state index < -0.39 is 4.92 Å². The Morgan fingerprint density at radius 2 is 1.70 bits per heavy atom. The Hall–Kier alpha value is -3.80. The van der Waals surface area contributed by atoms with E-state index in [1.165, 1.54) is 17.7 Å². The van der Waals surface area contributed by atoms with Crippen molar-refractivity contribution in [3.8, 4) is 11.4 Å². The third kappa shape index (κ3) is 3.46. The molecule has 1 heterocycles. The van der Waals surface area contributed by atoms with Gasteiger partial charge in [0.25, 0.3) is 5.69 Å². The number of nitro groups is 1. The summed E-state index contributed by atoms with van der Waals surface area (Å²) in [4.78, 5) is 19.9. The van der Waals surface area contributed by atoms with Crippen LogP contribution in [0.15, 0.2) is 72.8 Å². The minimum absolute atomic E-state index is 0.0114. The van der Waals surface area contributed by atoms with Gasteiger partial charge in [0.15, 0.2) is 5.82 Å². The minimum atomic E-state index is -0.421. The summed E-state index contributed by atoms with van der Waals surface area (Å²) in [6.07, 6.45) is 0. The van der Waals surface area contributed by atoms with Crippen molar-refractivity contribution >= 4 is 28.1 Å². The molecule has 6 nitrogen and oxygen atoms in total. The van der Waals surface area contributed by atoms with Crippen LogP contribution in [0.2, 0.25) is 0 Å². The van der Waals surface area contributed by atoms with Crippen molar-refractivity contribution in [1.82, 2.24) is 9.97 Å². The molecule has 27 heavy (non-hydrogen) atoms. The van der Waals surface area contributed by atoms with E-state index in [9.17, 15) is 10.1 Å². The van der Waals surface area contributed by atoms with Gasteiger partial charge in [0.2, 0.25) is 0 Å². The van der Waals surface area contributed by atoms with Crippen LogP contribution < -0.4 is 5.32 Å². The summed E-state index contributed by atoms with van der Waals surface area (Å²) >= 11 is 0. The highest BCUT2D eigenvalue weighted by molar-refractivity contribution is 5.92. The number of anilines is 2. The lowest BCUT2D eigenvalue weighted by Crippen LogP contribution is -1.99. The standard InChI is InChI=1S/C21H16N4O2/c1-14-9-11-16(12-10-14)22-21-18-7-2-3-8-19(18)23-20(24-21)15-5-4-6-17(13-15)25(26)27/h2-13H,1H3,(H,22,23,24). The number of rotatable bonds is 4. The van der Waals surface area contributed by atoms with E-state index in [1.54, 1.807) is 12.1 Å². The fraction of sp³-hybridized carbons (Fsp3) is 0.0476. The molecule has 0 fully saturated rings. The summed E-state index contributed by atoms with van der Waals surface area (Å²) in [5, 5.41) is 15.3. The van der Waals surface area contributed by atoms with Crippen LogP contribution in [0.5, 0.6) is 0 Å². The molecule has 0 atom stereocenters. The molecular weight excluding hydrogens is 340 g/mol. The van der Waals surface area contributed by atoms with Crippen LogP contribution in [-0.4, -0.2) is 14.9 Å². The number of nitro benzene ring substituents is 1. The Kier molecular flexibility index (Phi) is 4.22. The lowest BCUT2D eigenvalue weighted by atomic mass is 10.1. The zero-order valence-corrected chi connectivity index (χ0v) is 14.6. The van der Waals surface area contributed by atoms with Crippen molar-refractivity contribution in [1.29, 1.82) is 0 Å². The first-order valence-electron chi connectivity index (χ1n) is 8.45. The van der Waals surface area contributed by atoms with E-state index in [0.29, 0.717) is 17.2 Å². The molecule has 132 valence electrons. The maximum absolute atomic E-state index is 11.1. The van der Waals surface area contributed by atoms with Crippen molar-refractivity contribution in [3.63, 3.8) is 0 Å². The number of hydrogen-bond donors (Lipinski definition) is 1. The highest BCUT2D eigenvalue weighted by atomic mass is 16.6. The molecule has 0 aliphatic rings. The number of benzene rings is 3. The van der Waals surface area contributed by atoms with Crippen molar-refractivity contribution in [2.45, 2.75) is 6.92 Å². The van der Waals surface area contributed by atoms with Gasteiger partial charge in [-0.2, -0.15) is 0 Å². The van der Waals surface area contributed by atoms with E-state index in [2.05, 4.69) is 15.3 Å². The Labute approximate surface area is 155 Å². The van der Waals surface area contributed by atoms with Crippen molar-refractivity contribution in [3.05, 3.63) is 88.5 Å². The maximum Gasteiger partial charge on any atom is 0.270 e. The van der Waals surface area contributed by atoms with Gasteiger partial charge in [-0.05, 0) is 31.2 Å². The van der Waals surface area contributed by atoms with Crippen LogP contribution in [0.1, 0.15) is 5.56 Å². The number of aromatic nitrogens is 2. The van der Waals surface area contributed by atoms with Crippen molar-refractivity contribution < 1.29 is 4.92 Å². The quantitative estimate of drug-likeness (QED) is 0.398. The van der Waals surface area contributed by atoms with E-state index in [1.807, 2.05) is 55.5 Å². The van der Waals surface area contributed by atoms with Crippen LogP contribution in [0, 0.1) is 17.0 Å². The third-order valence-electron chi connectivity index (χ3n) is 4.23. The molecule has 0 saturated heterocycles. The van der Waals surface area contributed by atoms with Gasteiger partial charge in [-0.3, -0.25) is 10.1 Å². The molecule has 0 aliphatic heterocycles. The fourth-order valence-electron chi connectivity index (χ4n) is 2.83. The van der Waals surface area contributed by atoms with Gasteiger partial charge in [-0.15, -0.1) is 0 Å². The Morgan fingerprint density at radius 1 is 0.926 bits per heavy atom. The van der Waals surface area contributed by atoms with Gasteiger partial charge in [-0.25, -0.2) is 9.97 Å². The zero-order chi connectivity index (χ0) is 18.8. The molecule has 3 aromatic carbocycles. The minimum Gasteiger partial charge on any atom is -0.340 e. The second kappa shape index (κ2) is 6.84. The SMILES string of the molecule is Cc1ccc(Nc2nc(-c3cccc([N+](=O)[O-])c3)nc3ccccc23)cc1. The lowest BCUT2D eigenvalue weighted by molar-refractivity contribution is -0.384. The third-order valence-corrected chi connectivity index (χ3v) is 4.23. The van der Waals surface area contributed by atoms with Gasteiger partial charge in [0.1, 0.15) is 5.82 Å². The number of hydrogen-bond acceptors (Lipinski definition) is 5. The lowest BCUT2D eigenvalue weighted by Gasteiger charge is -2.11. The van der Waals surface area contributed by atoms with Gasteiger partial charge in [0, 0.05) is 28.8 Å². The van der Waals surface area contributed by atoms with Crippen LogP contribution in [0.4, 0.5) is 17.2 Å². The van der Waals surface area contributed by atoms with Gasteiger partial charge >= 0.3 is 0 Å². The summed E-state index contributed by atoms with van der Waals surface area (Å²) in [6.45, 7) is 2.03. The molecule has 0 unspecified atom stereocenters. The maximum atomic E-state index is 11.1. The van der Waals surface area contributed by atoms with E-state index in [0.717, 1.165) is 16.6 Å². The first-order chi connectivity index (χ1) is 13.1. The Morgan fingerprint density at radius 3 is 2.48 bits per heavy atom. The van der Waals surface area contributed by atoms with Gasteiger partial charge < -0.3 is 5.32 Å². The smallest absolute Gasteiger partial charge is 0.270 e. The highest BCUT2D eigenvalue weighted by Gasteiger charge is 2.13. The average molecular weight is 356 g/mol. The summed E-state index contributed by atoms with van der Waals surface area (Å²) in [5.74, 6) is 1.10. The monoisotopic (exact) mass is 356 g/mol. The molecule has 0 radical (unpaired) electrons. The average Bonchev–Trinajstić information content (AvgIpc) is 2.69. The van der Waals surface area contributed by atoms with E-state index >= 15 is 0 Å². The van der Waals surface area contributed by atoms with Crippen LogP contribution in [0.25, 0.3) is 22.3 Å². The summed E-state index contributed by atoms with van der Waals surface area (Å²) in [7, 11) is 0. The molecule has 0 amide bonds. The summed E-state index contributed by atoms with van der Waals surface area (Å²) in [5.41, 5.74) is 3.46. The van der Waals surface area contributed by atoms with Crippen LogP contribution >= 0.6 is 0 Å². The molecular formula is C21H16N4O2. The molecule has 4 rings (SSSR count). The number of nitrogens with one attached hydrogen (secondary N) is 1. The predicted molar refractivity (Wildman–Crippen MR) is 106 cm³/mol. The van der Waals surface area contributed by atoms with Crippen molar-refractivity contribution in [2.24, 2.45) is 0 Å². The molecule has 0 aliphatic carbocycles. The first kappa shape index (κ1) is 16.7. The molecule has 1 aromatic heterocycles. The highest BCUT2D eigenvalue weighted by Crippen LogP contribution is 2.28. The van der Waals surface area contributed by atoms with Crippen LogP contribution in [0.3, 0.4) is 0 Å². The molecule has 4 aromatic rings. The normalized spacial score (nSPS) is 10.7. The molecule has 1 N–H and O–H groups in total. The zero-order valence-electron chi connectivity index (χ0n) is 14.6. The topological polar surface area (TPSA) is 81.0 Å². The Balaban J connectivity index is 1.84. The van der Waals surface area contributed by atoms with E-state index in [-0.39, 0.29) is 5.69 Å². The number of nitrogens with zero attached hydrogens (tertiary/aromatic N) is 3.